The first-order chi connectivity index (χ1) is 8.35. The number of rotatable bonds is 4. The minimum absolute atomic E-state index is 0.0214. The van der Waals surface area contributed by atoms with Crippen LogP contribution in [0, 0.1) is 0 Å². The second kappa shape index (κ2) is 6.17. The number of aliphatic hydroxyl groups is 1. The minimum atomic E-state index is -0.0214. The van der Waals surface area contributed by atoms with E-state index in [1.54, 1.807) is 7.11 Å². The van der Waals surface area contributed by atoms with Gasteiger partial charge in [0.1, 0.15) is 6.10 Å². The van der Waals surface area contributed by atoms with Gasteiger partial charge in [-0.2, -0.15) is 11.8 Å². The van der Waals surface area contributed by atoms with Crippen LogP contribution in [0.15, 0.2) is 18.2 Å². The molecule has 0 spiro atoms. The van der Waals surface area contributed by atoms with Crippen LogP contribution in [-0.4, -0.2) is 29.8 Å². The van der Waals surface area contributed by atoms with Gasteiger partial charge in [-0.15, -0.1) is 0 Å². The first-order valence-corrected chi connectivity index (χ1v) is 7.01. The first-order valence-electron chi connectivity index (χ1n) is 5.86. The molecule has 0 amide bonds. The molecule has 1 unspecified atom stereocenters. The second-order valence-corrected chi connectivity index (χ2v) is 5.21. The molecule has 3 nitrogen and oxygen atoms in total. The second-order valence-electron chi connectivity index (χ2n) is 4.06. The van der Waals surface area contributed by atoms with Crippen LogP contribution in [0.4, 0.5) is 0 Å². The molecule has 0 aliphatic carbocycles. The molecule has 1 fully saturated rings. The zero-order valence-electron chi connectivity index (χ0n) is 10.0. The Balaban J connectivity index is 2.16. The number of thioether (sulfide) groups is 1. The van der Waals surface area contributed by atoms with Crippen molar-refractivity contribution in [3.63, 3.8) is 0 Å². The number of methoxy groups -OCH3 is 1. The molecule has 4 heteroatoms. The van der Waals surface area contributed by atoms with Gasteiger partial charge in [0.25, 0.3) is 0 Å². The average Bonchev–Trinajstić information content (AvgIpc) is 2.40. The molecule has 2 rings (SSSR count). The number of hydrogen-bond donors (Lipinski definition) is 1. The minimum Gasteiger partial charge on any atom is -0.493 e. The highest BCUT2D eigenvalue weighted by molar-refractivity contribution is 7.99. The maximum absolute atomic E-state index is 9.33. The molecule has 0 radical (unpaired) electrons. The lowest BCUT2D eigenvalue weighted by Crippen LogP contribution is -2.24. The van der Waals surface area contributed by atoms with E-state index >= 15 is 0 Å². The fourth-order valence-corrected chi connectivity index (χ4v) is 2.99. The Bertz CT molecular complexity index is 339. The van der Waals surface area contributed by atoms with Gasteiger partial charge in [-0.3, -0.25) is 0 Å². The largest absolute Gasteiger partial charge is 0.493 e. The maximum atomic E-state index is 9.33. The predicted molar refractivity (Wildman–Crippen MR) is 69.9 cm³/mol. The van der Waals surface area contributed by atoms with E-state index in [0.29, 0.717) is 11.5 Å². The number of para-hydroxylation sites is 1. The van der Waals surface area contributed by atoms with Gasteiger partial charge in [-0.1, -0.05) is 12.1 Å². The molecule has 1 aromatic rings. The molecule has 1 atom stereocenters. The lowest BCUT2D eigenvalue weighted by atomic mass is 10.1. The van der Waals surface area contributed by atoms with Crippen molar-refractivity contribution in [2.24, 2.45) is 0 Å². The fraction of sp³-hybridized carbons (Fsp3) is 0.538. The molecule has 0 aromatic heterocycles. The summed E-state index contributed by atoms with van der Waals surface area (Å²) in [4.78, 5) is 0. The van der Waals surface area contributed by atoms with Gasteiger partial charge in [0.15, 0.2) is 11.5 Å². The summed E-state index contributed by atoms with van der Waals surface area (Å²) in [5.41, 5.74) is 0.792. The van der Waals surface area contributed by atoms with Crippen molar-refractivity contribution in [3.8, 4) is 11.5 Å². The Hall–Kier alpha value is -0.870. The summed E-state index contributed by atoms with van der Waals surface area (Å²) in [6.07, 6.45) is 2.50. The van der Waals surface area contributed by atoms with Crippen molar-refractivity contribution in [1.82, 2.24) is 0 Å². The van der Waals surface area contributed by atoms with Gasteiger partial charge in [0, 0.05) is 11.3 Å². The molecule has 17 heavy (non-hydrogen) atoms. The summed E-state index contributed by atoms with van der Waals surface area (Å²) in [6.45, 7) is -0.0214. The summed E-state index contributed by atoms with van der Waals surface area (Å²) in [5, 5.41) is 9.33. The van der Waals surface area contributed by atoms with E-state index in [2.05, 4.69) is 0 Å². The zero-order chi connectivity index (χ0) is 12.1. The van der Waals surface area contributed by atoms with Crippen molar-refractivity contribution < 1.29 is 14.6 Å². The standard InChI is InChI=1S/C13H18O3S/c1-15-12-6-2-4-10(8-14)13(12)16-11-5-3-7-17-9-11/h2,4,6,11,14H,3,5,7-9H2,1H3. The smallest absolute Gasteiger partial charge is 0.167 e. The molecule has 94 valence electrons. The van der Waals surface area contributed by atoms with Crippen LogP contribution in [-0.2, 0) is 6.61 Å². The van der Waals surface area contributed by atoms with Crippen LogP contribution in [0.5, 0.6) is 11.5 Å². The van der Waals surface area contributed by atoms with Crippen LogP contribution in [0.3, 0.4) is 0 Å². The molecule has 0 bridgehead atoms. The summed E-state index contributed by atoms with van der Waals surface area (Å²) < 4.78 is 11.3. The summed E-state index contributed by atoms with van der Waals surface area (Å²) >= 11 is 1.92. The number of aliphatic hydroxyl groups excluding tert-OH is 1. The number of benzene rings is 1. The SMILES string of the molecule is COc1cccc(CO)c1OC1CCCSC1. The van der Waals surface area contributed by atoms with Gasteiger partial charge in [0.2, 0.25) is 0 Å². The number of hydrogen-bond acceptors (Lipinski definition) is 4. The van der Waals surface area contributed by atoms with Gasteiger partial charge < -0.3 is 14.6 Å². The van der Waals surface area contributed by atoms with Gasteiger partial charge in [-0.25, -0.2) is 0 Å². The quantitative estimate of drug-likeness (QED) is 0.896. The Kier molecular flexibility index (Phi) is 4.57. The highest BCUT2D eigenvalue weighted by Gasteiger charge is 2.19. The average molecular weight is 254 g/mol. The molecule has 1 aliphatic heterocycles. The lowest BCUT2D eigenvalue weighted by Gasteiger charge is -2.24. The highest BCUT2D eigenvalue weighted by atomic mass is 32.2. The Morgan fingerprint density at radius 2 is 2.35 bits per heavy atom. The molecule has 1 saturated heterocycles. The van der Waals surface area contributed by atoms with Gasteiger partial charge in [0.05, 0.1) is 13.7 Å². The lowest BCUT2D eigenvalue weighted by molar-refractivity contribution is 0.192. The Morgan fingerprint density at radius 3 is 3.00 bits per heavy atom. The van der Waals surface area contributed by atoms with Crippen molar-refractivity contribution >= 4 is 11.8 Å². The Labute approximate surface area is 106 Å². The van der Waals surface area contributed by atoms with Gasteiger partial charge >= 0.3 is 0 Å². The first kappa shape index (κ1) is 12.6. The molecule has 1 heterocycles. The van der Waals surface area contributed by atoms with Crippen molar-refractivity contribution in [3.05, 3.63) is 23.8 Å². The van der Waals surface area contributed by atoms with Crippen molar-refractivity contribution in [2.45, 2.75) is 25.6 Å². The van der Waals surface area contributed by atoms with Crippen LogP contribution in [0.25, 0.3) is 0 Å². The third kappa shape index (κ3) is 3.07. The fourth-order valence-electron chi connectivity index (χ4n) is 1.95. The van der Waals surface area contributed by atoms with Crippen LogP contribution in [0.1, 0.15) is 18.4 Å². The predicted octanol–water partition coefficient (Wildman–Crippen LogP) is 2.46. The van der Waals surface area contributed by atoms with E-state index in [1.807, 2.05) is 30.0 Å². The zero-order valence-corrected chi connectivity index (χ0v) is 10.8. The summed E-state index contributed by atoms with van der Waals surface area (Å²) in [5.74, 6) is 3.64. The van der Waals surface area contributed by atoms with E-state index < -0.39 is 0 Å². The molecular weight excluding hydrogens is 236 g/mol. The van der Waals surface area contributed by atoms with Crippen molar-refractivity contribution in [2.75, 3.05) is 18.6 Å². The van der Waals surface area contributed by atoms with E-state index in [-0.39, 0.29) is 12.7 Å². The van der Waals surface area contributed by atoms with Gasteiger partial charge in [-0.05, 0) is 24.7 Å². The number of ether oxygens (including phenoxy) is 2. The summed E-state index contributed by atoms with van der Waals surface area (Å²) in [6, 6.07) is 5.60. The normalized spacial score (nSPS) is 20.0. The third-order valence-electron chi connectivity index (χ3n) is 2.85. The van der Waals surface area contributed by atoms with Crippen molar-refractivity contribution in [1.29, 1.82) is 0 Å². The third-order valence-corrected chi connectivity index (χ3v) is 4.04. The van der Waals surface area contributed by atoms with E-state index in [4.69, 9.17) is 9.47 Å². The van der Waals surface area contributed by atoms with Crippen LogP contribution in [0.2, 0.25) is 0 Å². The molecule has 1 N–H and O–H groups in total. The Morgan fingerprint density at radius 1 is 1.47 bits per heavy atom. The maximum Gasteiger partial charge on any atom is 0.167 e. The highest BCUT2D eigenvalue weighted by Crippen LogP contribution is 2.33. The molecule has 0 saturated carbocycles. The molecule has 1 aromatic carbocycles. The summed E-state index contributed by atoms with van der Waals surface area (Å²) in [7, 11) is 1.62. The monoisotopic (exact) mass is 254 g/mol. The molecular formula is C13H18O3S. The van der Waals surface area contributed by atoms with Crippen LogP contribution >= 0.6 is 11.8 Å². The molecule has 1 aliphatic rings. The van der Waals surface area contributed by atoms with E-state index in [0.717, 1.165) is 17.7 Å². The topological polar surface area (TPSA) is 38.7 Å². The van der Waals surface area contributed by atoms with Crippen LogP contribution < -0.4 is 9.47 Å². The van der Waals surface area contributed by atoms with E-state index in [1.165, 1.54) is 12.2 Å². The van der Waals surface area contributed by atoms with E-state index in [9.17, 15) is 5.11 Å².